The summed E-state index contributed by atoms with van der Waals surface area (Å²) >= 11 is 0. The Morgan fingerprint density at radius 2 is 2.06 bits per heavy atom. The van der Waals surface area contributed by atoms with Gasteiger partial charge in [-0.2, -0.15) is 5.10 Å². The molecular formula is C13H15N3O. The number of morpholine rings is 1. The van der Waals surface area contributed by atoms with Crippen LogP contribution in [0.4, 0.5) is 0 Å². The highest BCUT2D eigenvalue weighted by Crippen LogP contribution is 2.15. The Kier molecular flexibility index (Phi) is 2.80. The maximum atomic E-state index is 5.29. The van der Waals surface area contributed by atoms with Crippen LogP contribution < -0.4 is 0 Å². The zero-order chi connectivity index (χ0) is 11.5. The lowest BCUT2D eigenvalue weighted by molar-refractivity contribution is 0.0397. The molecule has 88 valence electrons. The van der Waals surface area contributed by atoms with Crippen LogP contribution in [0, 0.1) is 0 Å². The first-order valence-electron chi connectivity index (χ1n) is 5.86. The second kappa shape index (κ2) is 4.59. The number of para-hydroxylation sites is 1. The van der Waals surface area contributed by atoms with Gasteiger partial charge in [-0.05, 0) is 6.07 Å². The molecule has 2 heterocycles. The largest absolute Gasteiger partial charge is 0.378 e. The molecule has 0 radical (unpaired) electrons. The molecule has 17 heavy (non-hydrogen) atoms. The number of hydrogen-bond acceptors (Lipinski definition) is 3. The van der Waals surface area contributed by atoms with Gasteiger partial charge in [0.05, 0.1) is 32.5 Å². The molecule has 0 spiro atoms. The van der Waals surface area contributed by atoms with Crippen molar-refractivity contribution in [1.82, 2.24) is 9.99 Å². The summed E-state index contributed by atoms with van der Waals surface area (Å²) in [4.78, 5) is 3.24. The van der Waals surface area contributed by atoms with E-state index in [9.17, 15) is 0 Å². The predicted molar refractivity (Wildman–Crippen MR) is 68.3 cm³/mol. The second-order valence-corrected chi connectivity index (χ2v) is 4.10. The van der Waals surface area contributed by atoms with Crippen LogP contribution in [0.25, 0.3) is 10.9 Å². The van der Waals surface area contributed by atoms with Crippen molar-refractivity contribution in [1.29, 1.82) is 0 Å². The van der Waals surface area contributed by atoms with Crippen molar-refractivity contribution in [2.24, 2.45) is 5.10 Å². The summed E-state index contributed by atoms with van der Waals surface area (Å²) in [5.41, 5.74) is 2.28. The number of benzene rings is 1. The van der Waals surface area contributed by atoms with E-state index < -0.39 is 0 Å². The van der Waals surface area contributed by atoms with Crippen LogP contribution in [-0.4, -0.2) is 42.5 Å². The van der Waals surface area contributed by atoms with Crippen molar-refractivity contribution in [3.63, 3.8) is 0 Å². The highest BCUT2D eigenvalue weighted by Gasteiger charge is 2.07. The van der Waals surface area contributed by atoms with E-state index in [1.807, 2.05) is 29.6 Å². The number of H-pyrrole nitrogens is 1. The lowest BCUT2D eigenvalue weighted by atomic mass is 10.2. The van der Waals surface area contributed by atoms with E-state index in [4.69, 9.17) is 4.74 Å². The normalized spacial score (nSPS) is 17.1. The first-order valence-corrected chi connectivity index (χ1v) is 5.86. The van der Waals surface area contributed by atoms with Crippen LogP contribution >= 0.6 is 0 Å². The molecule has 1 aromatic heterocycles. The van der Waals surface area contributed by atoms with Gasteiger partial charge in [0.25, 0.3) is 0 Å². The first-order chi connectivity index (χ1) is 8.43. The summed E-state index contributed by atoms with van der Waals surface area (Å²) < 4.78 is 5.29. The number of hydrogen-bond donors (Lipinski definition) is 1. The number of aromatic nitrogens is 1. The summed E-state index contributed by atoms with van der Waals surface area (Å²) in [6.07, 6.45) is 3.92. The maximum Gasteiger partial charge on any atom is 0.0659 e. The van der Waals surface area contributed by atoms with Gasteiger partial charge < -0.3 is 9.72 Å². The van der Waals surface area contributed by atoms with Gasteiger partial charge in [-0.15, -0.1) is 0 Å². The van der Waals surface area contributed by atoms with Crippen molar-refractivity contribution in [2.75, 3.05) is 26.3 Å². The smallest absolute Gasteiger partial charge is 0.0659 e. The molecule has 2 aromatic rings. The number of hydrazone groups is 1. The van der Waals surface area contributed by atoms with Gasteiger partial charge in [0.1, 0.15) is 0 Å². The highest BCUT2D eigenvalue weighted by atomic mass is 16.5. The molecule has 1 N–H and O–H groups in total. The average molecular weight is 229 g/mol. The molecule has 1 aromatic carbocycles. The van der Waals surface area contributed by atoms with E-state index in [0.29, 0.717) is 0 Å². The average Bonchev–Trinajstić information content (AvgIpc) is 2.81. The van der Waals surface area contributed by atoms with Gasteiger partial charge >= 0.3 is 0 Å². The van der Waals surface area contributed by atoms with Crippen molar-refractivity contribution in [3.05, 3.63) is 36.0 Å². The summed E-state index contributed by atoms with van der Waals surface area (Å²) in [5.74, 6) is 0. The van der Waals surface area contributed by atoms with Gasteiger partial charge in [-0.25, -0.2) is 0 Å². The van der Waals surface area contributed by atoms with E-state index in [-0.39, 0.29) is 0 Å². The van der Waals surface area contributed by atoms with E-state index in [1.165, 1.54) is 5.39 Å². The van der Waals surface area contributed by atoms with Gasteiger partial charge in [0.2, 0.25) is 0 Å². The van der Waals surface area contributed by atoms with Gasteiger partial charge in [-0.1, -0.05) is 18.2 Å². The van der Waals surface area contributed by atoms with Gasteiger partial charge in [0.15, 0.2) is 0 Å². The summed E-state index contributed by atoms with van der Waals surface area (Å²) in [6.45, 7) is 3.29. The molecule has 0 amide bonds. The lowest BCUT2D eigenvalue weighted by Crippen LogP contribution is -2.32. The molecule has 0 bridgehead atoms. The quantitative estimate of drug-likeness (QED) is 0.798. The molecule has 1 aliphatic heterocycles. The number of rotatable bonds is 2. The first kappa shape index (κ1) is 10.4. The Morgan fingerprint density at radius 1 is 1.24 bits per heavy atom. The number of fused-ring (bicyclic) bond motifs is 1. The maximum absolute atomic E-state index is 5.29. The molecule has 0 saturated carbocycles. The Hall–Kier alpha value is -1.81. The number of aromatic amines is 1. The molecule has 1 saturated heterocycles. The van der Waals surface area contributed by atoms with Crippen LogP contribution in [0.3, 0.4) is 0 Å². The molecule has 3 rings (SSSR count). The van der Waals surface area contributed by atoms with Crippen LogP contribution in [0.5, 0.6) is 0 Å². The third-order valence-electron chi connectivity index (χ3n) is 2.97. The van der Waals surface area contributed by atoms with Crippen LogP contribution in [-0.2, 0) is 4.74 Å². The topological polar surface area (TPSA) is 40.6 Å². The zero-order valence-electron chi connectivity index (χ0n) is 9.60. The minimum Gasteiger partial charge on any atom is -0.378 e. The highest BCUT2D eigenvalue weighted by molar-refractivity contribution is 5.98. The molecule has 1 aliphatic rings. The summed E-state index contributed by atoms with van der Waals surface area (Å²) in [6, 6.07) is 8.25. The van der Waals surface area contributed by atoms with Crippen molar-refractivity contribution in [3.8, 4) is 0 Å². The number of ether oxygens (including phenoxy) is 1. The van der Waals surface area contributed by atoms with E-state index in [1.54, 1.807) is 0 Å². The third kappa shape index (κ3) is 2.17. The fourth-order valence-corrected chi connectivity index (χ4v) is 2.01. The Bertz CT molecular complexity index is 526. The summed E-state index contributed by atoms with van der Waals surface area (Å²) in [7, 11) is 0. The van der Waals surface area contributed by atoms with Crippen LogP contribution in [0.2, 0.25) is 0 Å². The summed E-state index contributed by atoms with van der Waals surface area (Å²) in [5, 5.41) is 7.74. The fourth-order valence-electron chi connectivity index (χ4n) is 2.01. The lowest BCUT2D eigenvalue weighted by Gasteiger charge is -2.23. The predicted octanol–water partition coefficient (Wildman–Crippen LogP) is 1.83. The third-order valence-corrected chi connectivity index (χ3v) is 2.97. The van der Waals surface area contributed by atoms with E-state index in [0.717, 1.165) is 37.4 Å². The van der Waals surface area contributed by atoms with Crippen molar-refractivity contribution < 1.29 is 4.74 Å². The molecule has 0 aliphatic carbocycles. The zero-order valence-corrected chi connectivity index (χ0v) is 9.60. The van der Waals surface area contributed by atoms with Gasteiger partial charge in [0, 0.05) is 22.7 Å². The number of nitrogens with one attached hydrogen (secondary N) is 1. The molecule has 0 atom stereocenters. The molecule has 0 unspecified atom stereocenters. The standard InChI is InChI=1S/C13H15N3O/c1-2-4-13-12(3-1)11(9-14-13)10-15-16-5-7-17-8-6-16/h1-4,9-10,14H,5-8H2/b15-10+. The van der Waals surface area contributed by atoms with Crippen LogP contribution in [0.15, 0.2) is 35.6 Å². The van der Waals surface area contributed by atoms with Crippen molar-refractivity contribution in [2.45, 2.75) is 0 Å². The molecule has 1 fully saturated rings. The van der Waals surface area contributed by atoms with Crippen molar-refractivity contribution >= 4 is 17.1 Å². The second-order valence-electron chi connectivity index (χ2n) is 4.10. The van der Waals surface area contributed by atoms with Gasteiger partial charge in [-0.3, -0.25) is 5.01 Å². The molecule has 4 heteroatoms. The molecular weight excluding hydrogens is 214 g/mol. The van der Waals surface area contributed by atoms with E-state index >= 15 is 0 Å². The monoisotopic (exact) mass is 229 g/mol. The Balaban J connectivity index is 1.82. The minimum absolute atomic E-state index is 0.769. The minimum atomic E-state index is 0.769. The number of nitrogens with zero attached hydrogens (tertiary/aromatic N) is 2. The molecule has 4 nitrogen and oxygen atoms in total. The fraction of sp³-hybridized carbons (Fsp3) is 0.308. The van der Waals surface area contributed by atoms with Crippen LogP contribution in [0.1, 0.15) is 5.56 Å². The Labute approximate surface area is 99.9 Å². The Morgan fingerprint density at radius 3 is 2.94 bits per heavy atom. The van der Waals surface area contributed by atoms with E-state index in [2.05, 4.69) is 22.2 Å². The SMILES string of the molecule is C(=N\N1CCOCC1)/c1c[nH]c2ccccc12.